The Hall–Kier alpha value is -1.84. The first kappa shape index (κ1) is 12.6. The standard InChI is InChI=1S/C14H16O4/c1-9(15)17-13-8-7-11-5-3-4-6-12(11)14(13)18-10(2)16/h3-6,13-14H,7-8H2,1-2H3/t13-,14+/m1/s1. The summed E-state index contributed by atoms with van der Waals surface area (Å²) in [7, 11) is 0. The van der Waals surface area contributed by atoms with Crippen LogP contribution in [0, 0.1) is 0 Å². The second-order valence-corrected chi connectivity index (χ2v) is 4.42. The third-order valence-corrected chi connectivity index (χ3v) is 3.01. The minimum absolute atomic E-state index is 0.350. The molecular formula is C14H16O4. The fourth-order valence-corrected chi connectivity index (χ4v) is 2.34. The smallest absolute Gasteiger partial charge is 0.303 e. The molecule has 0 saturated carbocycles. The lowest BCUT2D eigenvalue weighted by Crippen LogP contribution is -2.32. The summed E-state index contributed by atoms with van der Waals surface area (Å²) in [5, 5.41) is 0. The van der Waals surface area contributed by atoms with Crippen LogP contribution in [0.3, 0.4) is 0 Å². The third kappa shape index (κ3) is 2.70. The van der Waals surface area contributed by atoms with Crippen LogP contribution >= 0.6 is 0 Å². The van der Waals surface area contributed by atoms with Crippen molar-refractivity contribution < 1.29 is 19.1 Å². The van der Waals surface area contributed by atoms with Gasteiger partial charge < -0.3 is 9.47 Å². The monoisotopic (exact) mass is 248 g/mol. The molecule has 0 unspecified atom stereocenters. The van der Waals surface area contributed by atoms with Crippen LogP contribution in [0.5, 0.6) is 0 Å². The molecule has 0 heterocycles. The van der Waals surface area contributed by atoms with Gasteiger partial charge in [-0.2, -0.15) is 0 Å². The molecule has 1 aliphatic rings. The summed E-state index contributed by atoms with van der Waals surface area (Å²) in [4.78, 5) is 22.3. The predicted octanol–water partition coefficient (Wildman–Crippen LogP) is 2.17. The normalized spacial score (nSPS) is 21.9. The van der Waals surface area contributed by atoms with Gasteiger partial charge in [-0.1, -0.05) is 24.3 Å². The summed E-state index contributed by atoms with van der Waals surface area (Å²) < 4.78 is 10.6. The number of aryl methyl sites for hydroxylation is 1. The molecule has 0 spiro atoms. The first-order valence-electron chi connectivity index (χ1n) is 6.00. The Morgan fingerprint density at radius 1 is 1.11 bits per heavy atom. The number of fused-ring (bicyclic) bond motifs is 1. The number of carbonyl (C=O) groups is 2. The Morgan fingerprint density at radius 2 is 1.78 bits per heavy atom. The number of carbonyl (C=O) groups excluding carboxylic acids is 2. The highest BCUT2D eigenvalue weighted by Gasteiger charge is 2.33. The van der Waals surface area contributed by atoms with Crippen molar-refractivity contribution in [3.05, 3.63) is 35.4 Å². The first-order valence-corrected chi connectivity index (χ1v) is 6.00. The van der Waals surface area contributed by atoms with E-state index in [0.717, 1.165) is 17.5 Å². The van der Waals surface area contributed by atoms with E-state index in [1.807, 2.05) is 24.3 Å². The third-order valence-electron chi connectivity index (χ3n) is 3.01. The van der Waals surface area contributed by atoms with E-state index in [4.69, 9.17) is 9.47 Å². The van der Waals surface area contributed by atoms with E-state index in [1.165, 1.54) is 13.8 Å². The average Bonchev–Trinajstić information content (AvgIpc) is 2.31. The molecule has 96 valence electrons. The van der Waals surface area contributed by atoms with Crippen LogP contribution in [0.25, 0.3) is 0 Å². The number of hydrogen-bond acceptors (Lipinski definition) is 4. The van der Waals surface area contributed by atoms with E-state index in [9.17, 15) is 9.59 Å². The van der Waals surface area contributed by atoms with Crippen LogP contribution in [-0.2, 0) is 25.5 Å². The zero-order chi connectivity index (χ0) is 13.1. The maximum atomic E-state index is 11.2. The number of benzene rings is 1. The van der Waals surface area contributed by atoms with Crippen LogP contribution in [0.15, 0.2) is 24.3 Å². The SMILES string of the molecule is CC(=O)O[C@@H]1CCc2ccccc2[C@@H]1OC(C)=O. The molecule has 4 heteroatoms. The predicted molar refractivity (Wildman–Crippen MR) is 64.8 cm³/mol. The van der Waals surface area contributed by atoms with E-state index in [0.29, 0.717) is 6.42 Å². The van der Waals surface area contributed by atoms with Crippen molar-refractivity contribution in [3.63, 3.8) is 0 Å². The zero-order valence-corrected chi connectivity index (χ0v) is 10.5. The highest BCUT2D eigenvalue weighted by atomic mass is 16.6. The zero-order valence-electron chi connectivity index (χ0n) is 10.5. The molecule has 0 aromatic heterocycles. The van der Waals surface area contributed by atoms with Gasteiger partial charge in [0, 0.05) is 13.8 Å². The highest BCUT2D eigenvalue weighted by Crippen LogP contribution is 2.34. The molecule has 0 N–H and O–H groups in total. The number of ether oxygens (including phenoxy) is 2. The molecule has 0 aliphatic heterocycles. The van der Waals surface area contributed by atoms with Crippen LogP contribution < -0.4 is 0 Å². The van der Waals surface area contributed by atoms with Crippen molar-refractivity contribution in [2.45, 2.75) is 38.9 Å². The van der Waals surface area contributed by atoms with Gasteiger partial charge in [-0.25, -0.2) is 0 Å². The van der Waals surface area contributed by atoms with Crippen LogP contribution in [0.1, 0.15) is 37.5 Å². The molecule has 2 atom stereocenters. The summed E-state index contributed by atoms with van der Waals surface area (Å²) >= 11 is 0. The molecule has 18 heavy (non-hydrogen) atoms. The Labute approximate surface area is 106 Å². The van der Waals surface area contributed by atoms with E-state index in [-0.39, 0.29) is 18.0 Å². The summed E-state index contributed by atoms with van der Waals surface area (Å²) in [6.07, 6.45) is 0.623. The van der Waals surface area contributed by atoms with Gasteiger partial charge in [-0.05, 0) is 24.0 Å². The molecular weight excluding hydrogens is 232 g/mol. The first-order chi connectivity index (χ1) is 8.58. The lowest BCUT2D eigenvalue weighted by molar-refractivity contribution is -0.167. The summed E-state index contributed by atoms with van der Waals surface area (Å²) in [5.74, 6) is -0.717. The largest absolute Gasteiger partial charge is 0.458 e. The van der Waals surface area contributed by atoms with E-state index in [2.05, 4.69) is 0 Å². The molecule has 1 aliphatic carbocycles. The molecule has 4 nitrogen and oxygen atoms in total. The molecule has 0 fully saturated rings. The van der Waals surface area contributed by atoms with Gasteiger partial charge in [0.05, 0.1) is 0 Å². The molecule has 0 amide bonds. The second-order valence-electron chi connectivity index (χ2n) is 4.42. The molecule has 1 aromatic carbocycles. The van der Waals surface area contributed by atoms with Crippen LogP contribution in [0.4, 0.5) is 0 Å². The maximum absolute atomic E-state index is 11.2. The maximum Gasteiger partial charge on any atom is 0.303 e. The van der Waals surface area contributed by atoms with Gasteiger partial charge in [-0.3, -0.25) is 9.59 Å². The number of hydrogen-bond donors (Lipinski definition) is 0. The van der Waals surface area contributed by atoms with Gasteiger partial charge in [0.25, 0.3) is 0 Å². The van der Waals surface area contributed by atoms with Gasteiger partial charge in [-0.15, -0.1) is 0 Å². The van der Waals surface area contributed by atoms with Gasteiger partial charge >= 0.3 is 11.9 Å². The fourth-order valence-electron chi connectivity index (χ4n) is 2.34. The fraction of sp³-hybridized carbons (Fsp3) is 0.429. The van der Waals surface area contributed by atoms with Gasteiger partial charge in [0.2, 0.25) is 0 Å². The molecule has 0 bridgehead atoms. The van der Waals surface area contributed by atoms with Crippen molar-refractivity contribution in [3.8, 4) is 0 Å². The lowest BCUT2D eigenvalue weighted by atomic mass is 9.87. The Kier molecular flexibility index (Phi) is 3.65. The summed E-state index contributed by atoms with van der Waals surface area (Å²) in [6, 6.07) is 7.77. The quantitative estimate of drug-likeness (QED) is 0.753. The van der Waals surface area contributed by atoms with Gasteiger partial charge in [0.1, 0.15) is 6.10 Å². The van der Waals surface area contributed by atoms with E-state index in [1.54, 1.807) is 0 Å². The highest BCUT2D eigenvalue weighted by molar-refractivity contribution is 5.67. The van der Waals surface area contributed by atoms with E-state index >= 15 is 0 Å². The van der Waals surface area contributed by atoms with Crippen molar-refractivity contribution in [1.82, 2.24) is 0 Å². The Balaban J connectivity index is 2.30. The molecule has 0 radical (unpaired) electrons. The Morgan fingerprint density at radius 3 is 2.44 bits per heavy atom. The lowest BCUT2D eigenvalue weighted by Gasteiger charge is -2.32. The molecule has 2 rings (SSSR count). The second kappa shape index (κ2) is 5.21. The van der Waals surface area contributed by atoms with Crippen molar-refractivity contribution in [2.24, 2.45) is 0 Å². The van der Waals surface area contributed by atoms with Crippen molar-refractivity contribution in [2.75, 3.05) is 0 Å². The van der Waals surface area contributed by atoms with Gasteiger partial charge in [0.15, 0.2) is 6.10 Å². The van der Waals surface area contributed by atoms with E-state index < -0.39 is 6.10 Å². The summed E-state index contributed by atoms with van der Waals surface area (Å²) in [6.45, 7) is 2.73. The summed E-state index contributed by atoms with van der Waals surface area (Å²) in [5.41, 5.74) is 2.08. The molecule has 0 saturated heterocycles. The number of esters is 2. The minimum atomic E-state index is -0.489. The topological polar surface area (TPSA) is 52.6 Å². The number of rotatable bonds is 2. The van der Waals surface area contributed by atoms with Crippen molar-refractivity contribution in [1.29, 1.82) is 0 Å². The minimum Gasteiger partial charge on any atom is -0.458 e. The Bertz CT molecular complexity index is 467. The van der Waals surface area contributed by atoms with Crippen molar-refractivity contribution >= 4 is 11.9 Å². The van der Waals surface area contributed by atoms with Crippen LogP contribution in [0.2, 0.25) is 0 Å². The molecule has 1 aromatic rings. The van der Waals surface area contributed by atoms with Crippen LogP contribution in [-0.4, -0.2) is 18.0 Å². The average molecular weight is 248 g/mol.